The van der Waals surface area contributed by atoms with E-state index in [9.17, 15) is 0 Å². The van der Waals surface area contributed by atoms with Crippen LogP contribution in [0.3, 0.4) is 0 Å². The van der Waals surface area contributed by atoms with E-state index in [1.54, 1.807) is 23.5 Å². The Kier molecular flexibility index (Phi) is 3.73. The molecule has 3 aromatic rings. The second-order valence-corrected chi connectivity index (χ2v) is 7.31. The lowest BCUT2D eigenvalue weighted by atomic mass is 10.0. The molecule has 2 aliphatic heterocycles. The van der Waals surface area contributed by atoms with Crippen molar-refractivity contribution in [1.82, 2.24) is 34.7 Å². The molecule has 5 rings (SSSR count). The van der Waals surface area contributed by atoms with Gasteiger partial charge in [-0.25, -0.2) is 24.6 Å². The molecule has 0 saturated carbocycles. The highest BCUT2D eigenvalue weighted by Gasteiger charge is 2.41. The van der Waals surface area contributed by atoms with Gasteiger partial charge >= 0.3 is 0 Å². The summed E-state index contributed by atoms with van der Waals surface area (Å²) in [7, 11) is 0. The van der Waals surface area contributed by atoms with Crippen LogP contribution in [0.15, 0.2) is 31.4 Å². The summed E-state index contributed by atoms with van der Waals surface area (Å²) in [4.78, 5) is 26.6. The SMILES string of the molecule is Cc1ncnc(N2CC3CN(c4cncc(-n5cncn5)n4)CC3C2)c1C. The van der Waals surface area contributed by atoms with E-state index in [1.807, 2.05) is 13.1 Å². The third kappa shape index (κ3) is 2.79. The maximum Gasteiger partial charge on any atom is 0.175 e. The molecule has 0 spiro atoms. The van der Waals surface area contributed by atoms with Crippen molar-refractivity contribution in [2.24, 2.45) is 11.8 Å². The van der Waals surface area contributed by atoms with Gasteiger partial charge in [-0.15, -0.1) is 0 Å². The Bertz CT molecular complexity index is 941. The number of hydrogen-bond acceptors (Lipinski definition) is 8. The number of aromatic nitrogens is 7. The minimum atomic E-state index is 0.608. The largest absolute Gasteiger partial charge is 0.356 e. The Balaban J connectivity index is 1.32. The lowest BCUT2D eigenvalue weighted by Crippen LogP contribution is -2.30. The number of anilines is 2. The summed E-state index contributed by atoms with van der Waals surface area (Å²) in [5.41, 5.74) is 2.24. The predicted octanol–water partition coefficient (Wildman–Crippen LogP) is 1.04. The Morgan fingerprint density at radius 1 is 0.852 bits per heavy atom. The van der Waals surface area contributed by atoms with Crippen LogP contribution in [0, 0.1) is 25.7 Å². The van der Waals surface area contributed by atoms with Crippen LogP contribution in [0.2, 0.25) is 0 Å². The van der Waals surface area contributed by atoms with E-state index < -0.39 is 0 Å². The number of rotatable bonds is 3. The topological polar surface area (TPSA) is 88.8 Å². The van der Waals surface area contributed by atoms with E-state index >= 15 is 0 Å². The summed E-state index contributed by atoms with van der Waals surface area (Å²) in [6, 6.07) is 0. The summed E-state index contributed by atoms with van der Waals surface area (Å²) in [6.45, 7) is 8.17. The lowest BCUT2D eigenvalue weighted by Gasteiger charge is -2.24. The molecule has 0 aliphatic carbocycles. The average molecular weight is 363 g/mol. The van der Waals surface area contributed by atoms with Gasteiger partial charge in [-0.3, -0.25) is 4.98 Å². The molecule has 2 fully saturated rings. The fourth-order valence-electron chi connectivity index (χ4n) is 4.13. The van der Waals surface area contributed by atoms with Crippen LogP contribution in [-0.4, -0.2) is 60.9 Å². The fraction of sp³-hybridized carbons (Fsp3) is 0.444. The van der Waals surface area contributed by atoms with Gasteiger partial charge in [0.25, 0.3) is 0 Å². The van der Waals surface area contributed by atoms with Crippen molar-refractivity contribution in [2.45, 2.75) is 13.8 Å². The van der Waals surface area contributed by atoms with Gasteiger partial charge in [-0.2, -0.15) is 5.10 Å². The van der Waals surface area contributed by atoms with Gasteiger partial charge in [0.2, 0.25) is 0 Å². The molecule has 2 saturated heterocycles. The van der Waals surface area contributed by atoms with Crippen LogP contribution in [0.5, 0.6) is 0 Å². The monoisotopic (exact) mass is 363 g/mol. The number of aryl methyl sites for hydroxylation is 1. The average Bonchev–Trinajstić information content (AvgIpc) is 3.40. The molecule has 5 heterocycles. The molecule has 3 aromatic heterocycles. The van der Waals surface area contributed by atoms with Gasteiger partial charge < -0.3 is 9.80 Å². The maximum atomic E-state index is 4.72. The molecule has 0 N–H and O–H groups in total. The molecule has 0 aromatic carbocycles. The third-order valence-electron chi connectivity index (χ3n) is 5.68. The van der Waals surface area contributed by atoms with Crippen molar-refractivity contribution >= 4 is 11.6 Å². The standard InChI is InChI=1S/C18H21N9/c1-12-13(2)21-10-22-18(12)26-7-14-5-25(6-15(14)8-26)16-3-19-4-17(24-16)27-11-20-9-23-27/h3-4,9-11,14-15H,5-8H2,1-2H3. The molecule has 9 heteroatoms. The van der Waals surface area contributed by atoms with E-state index in [0.717, 1.165) is 43.5 Å². The predicted molar refractivity (Wildman–Crippen MR) is 99.9 cm³/mol. The fourth-order valence-corrected chi connectivity index (χ4v) is 4.13. The second kappa shape index (κ2) is 6.26. The number of fused-ring (bicyclic) bond motifs is 1. The zero-order chi connectivity index (χ0) is 18.4. The van der Waals surface area contributed by atoms with Crippen molar-refractivity contribution in [1.29, 1.82) is 0 Å². The molecule has 138 valence electrons. The van der Waals surface area contributed by atoms with E-state index in [-0.39, 0.29) is 0 Å². The van der Waals surface area contributed by atoms with Crippen LogP contribution in [0.1, 0.15) is 11.3 Å². The Morgan fingerprint density at radius 3 is 2.33 bits per heavy atom. The van der Waals surface area contributed by atoms with Gasteiger partial charge in [0, 0.05) is 49.3 Å². The van der Waals surface area contributed by atoms with Crippen molar-refractivity contribution in [2.75, 3.05) is 36.0 Å². The Morgan fingerprint density at radius 2 is 1.59 bits per heavy atom. The van der Waals surface area contributed by atoms with Gasteiger partial charge in [0.1, 0.15) is 30.6 Å². The summed E-state index contributed by atoms with van der Waals surface area (Å²) < 4.78 is 1.63. The first-order chi connectivity index (χ1) is 13.2. The third-order valence-corrected chi connectivity index (χ3v) is 5.68. The van der Waals surface area contributed by atoms with Crippen LogP contribution >= 0.6 is 0 Å². The summed E-state index contributed by atoms with van der Waals surface area (Å²) in [5.74, 6) is 3.89. The Labute approximate surface area is 157 Å². The molecule has 27 heavy (non-hydrogen) atoms. The van der Waals surface area contributed by atoms with Gasteiger partial charge in [-0.1, -0.05) is 0 Å². The molecule has 2 unspecified atom stereocenters. The van der Waals surface area contributed by atoms with Crippen LogP contribution < -0.4 is 9.80 Å². The smallest absolute Gasteiger partial charge is 0.175 e. The first-order valence-electron chi connectivity index (χ1n) is 9.14. The second-order valence-electron chi connectivity index (χ2n) is 7.31. The number of nitrogens with zero attached hydrogens (tertiary/aromatic N) is 9. The summed E-state index contributed by atoms with van der Waals surface area (Å²) in [6.07, 6.45) is 8.34. The molecule has 0 radical (unpaired) electrons. The van der Waals surface area contributed by atoms with Crippen molar-refractivity contribution < 1.29 is 0 Å². The molecule has 2 atom stereocenters. The van der Waals surface area contributed by atoms with Gasteiger partial charge in [-0.05, 0) is 13.8 Å². The Hall–Kier alpha value is -3.10. The van der Waals surface area contributed by atoms with Crippen molar-refractivity contribution in [3.8, 4) is 5.82 Å². The zero-order valence-electron chi connectivity index (χ0n) is 15.4. The first-order valence-corrected chi connectivity index (χ1v) is 9.14. The van der Waals surface area contributed by atoms with E-state index in [4.69, 9.17) is 4.98 Å². The molecule has 2 aliphatic rings. The van der Waals surface area contributed by atoms with E-state index in [2.05, 4.69) is 41.8 Å². The minimum absolute atomic E-state index is 0.608. The molecule has 0 bridgehead atoms. The highest BCUT2D eigenvalue weighted by molar-refractivity contribution is 5.50. The van der Waals surface area contributed by atoms with Crippen LogP contribution in [-0.2, 0) is 0 Å². The number of hydrogen-bond donors (Lipinski definition) is 0. The van der Waals surface area contributed by atoms with Gasteiger partial charge in [0.15, 0.2) is 5.82 Å². The van der Waals surface area contributed by atoms with Crippen LogP contribution in [0.25, 0.3) is 5.82 Å². The van der Waals surface area contributed by atoms with E-state index in [1.165, 1.54) is 11.9 Å². The van der Waals surface area contributed by atoms with Crippen molar-refractivity contribution in [3.05, 3.63) is 42.6 Å². The quantitative estimate of drug-likeness (QED) is 0.682. The molecule has 0 amide bonds. The van der Waals surface area contributed by atoms with Crippen LogP contribution in [0.4, 0.5) is 11.6 Å². The molecule has 9 nitrogen and oxygen atoms in total. The highest BCUT2D eigenvalue weighted by Crippen LogP contribution is 2.36. The molecular formula is C18H21N9. The maximum absolute atomic E-state index is 4.72. The summed E-state index contributed by atoms with van der Waals surface area (Å²) in [5, 5.41) is 4.14. The molecular weight excluding hydrogens is 342 g/mol. The minimum Gasteiger partial charge on any atom is -0.356 e. The van der Waals surface area contributed by atoms with E-state index in [0.29, 0.717) is 17.7 Å². The normalized spacial score (nSPS) is 21.7. The zero-order valence-corrected chi connectivity index (χ0v) is 15.4. The van der Waals surface area contributed by atoms with Crippen molar-refractivity contribution in [3.63, 3.8) is 0 Å². The summed E-state index contributed by atoms with van der Waals surface area (Å²) >= 11 is 0. The van der Waals surface area contributed by atoms with Gasteiger partial charge in [0.05, 0.1) is 12.4 Å². The lowest BCUT2D eigenvalue weighted by molar-refractivity contribution is 0.533. The first kappa shape index (κ1) is 16.1. The highest BCUT2D eigenvalue weighted by atomic mass is 15.4.